The third-order valence-electron chi connectivity index (χ3n) is 3.35. The number of aliphatic hydroxyl groups is 1. The Kier molecular flexibility index (Phi) is 5.69. The van der Waals surface area contributed by atoms with E-state index in [1.807, 2.05) is 0 Å². The summed E-state index contributed by atoms with van der Waals surface area (Å²) in [4.78, 5) is 11.4. The lowest BCUT2D eigenvalue weighted by Crippen LogP contribution is -2.22. The van der Waals surface area contributed by atoms with Gasteiger partial charge in [0.25, 0.3) is 0 Å². The van der Waals surface area contributed by atoms with E-state index in [-0.39, 0.29) is 18.5 Å². The molecular formula is C12H22O3. The van der Waals surface area contributed by atoms with Crippen molar-refractivity contribution in [3.05, 3.63) is 0 Å². The van der Waals surface area contributed by atoms with Gasteiger partial charge in [0.1, 0.15) is 0 Å². The summed E-state index contributed by atoms with van der Waals surface area (Å²) in [5, 5.41) is 8.90. The molecule has 0 amide bonds. The summed E-state index contributed by atoms with van der Waals surface area (Å²) < 4.78 is 4.76. The van der Waals surface area contributed by atoms with Crippen LogP contribution in [0.3, 0.4) is 0 Å². The first-order valence-electron chi connectivity index (χ1n) is 5.96. The lowest BCUT2D eigenvalue weighted by molar-refractivity contribution is -0.146. The van der Waals surface area contributed by atoms with E-state index in [9.17, 15) is 4.79 Å². The molecule has 3 heteroatoms. The van der Waals surface area contributed by atoms with Gasteiger partial charge in [-0.3, -0.25) is 4.79 Å². The van der Waals surface area contributed by atoms with Crippen LogP contribution in [0.5, 0.6) is 0 Å². The molecule has 1 aliphatic rings. The van der Waals surface area contributed by atoms with Crippen LogP contribution in [0.1, 0.15) is 44.9 Å². The van der Waals surface area contributed by atoms with E-state index in [0.29, 0.717) is 12.3 Å². The van der Waals surface area contributed by atoms with E-state index in [4.69, 9.17) is 9.84 Å². The van der Waals surface area contributed by atoms with Gasteiger partial charge in [-0.15, -0.1) is 0 Å². The van der Waals surface area contributed by atoms with Crippen LogP contribution in [0.25, 0.3) is 0 Å². The van der Waals surface area contributed by atoms with Gasteiger partial charge in [-0.2, -0.15) is 0 Å². The highest BCUT2D eigenvalue weighted by atomic mass is 16.5. The molecule has 1 fully saturated rings. The quantitative estimate of drug-likeness (QED) is 0.713. The van der Waals surface area contributed by atoms with Gasteiger partial charge in [-0.1, -0.05) is 32.1 Å². The van der Waals surface area contributed by atoms with Crippen molar-refractivity contribution in [3.63, 3.8) is 0 Å². The van der Waals surface area contributed by atoms with Gasteiger partial charge >= 0.3 is 5.97 Å². The first-order chi connectivity index (χ1) is 7.27. The third kappa shape index (κ3) is 4.20. The molecule has 3 nitrogen and oxygen atoms in total. The minimum absolute atomic E-state index is 0.0759. The molecule has 0 saturated heterocycles. The van der Waals surface area contributed by atoms with Crippen molar-refractivity contribution in [2.75, 3.05) is 13.7 Å². The first-order valence-corrected chi connectivity index (χ1v) is 5.96. The number of ether oxygens (including phenoxy) is 1. The van der Waals surface area contributed by atoms with Crippen LogP contribution < -0.4 is 0 Å². The number of carbonyl (C=O) groups excluding carboxylic acids is 1. The number of hydrogen-bond donors (Lipinski definition) is 1. The largest absolute Gasteiger partial charge is 0.469 e. The maximum absolute atomic E-state index is 11.4. The third-order valence-corrected chi connectivity index (χ3v) is 3.35. The van der Waals surface area contributed by atoms with Gasteiger partial charge in [0.15, 0.2) is 0 Å². The molecule has 1 rings (SSSR count). The molecule has 0 aromatic rings. The minimum atomic E-state index is -0.158. The molecule has 0 heterocycles. The Morgan fingerprint density at radius 3 is 2.60 bits per heavy atom. The fraction of sp³-hybridized carbons (Fsp3) is 0.917. The zero-order valence-corrected chi connectivity index (χ0v) is 9.58. The lowest BCUT2D eigenvalue weighted by atomic mass is 9.82. The summed E-state index contributed by atoms with van der Waals surface area (Å²) in [6, 6.07) is 0. The van der Waals surface area contributed by atoms with Crippen LogP contribution in [0.2, 0.25) is 0 Å². The standard InChI is InChI=1S/C12H22O3/c1-15-12(14)11(7-8-13)9-10-5-3-2-4-6-10/h10-11,13H,2-9H2,1H3. The lowest BCUT2D eigenvalue weighted by Gasteiger charge is -2.24. The van der Waals surface area contributed by atoms with Crippen molar-refractivity contribution in [2.45, 2.75) is 44.9 Å². The van der Waals surface area contributed by atoms with Gasteiger partial charge in [0.05, 0.1) is 13.0 Å². The Balaban J connectivity index is 2.38. The molecule has 0 aliphatic heterocycles. The number of hydrogen-bond acceptors (Lipinski definition) is 3. The molecule has 0 bridgehead atoms. The summed E-state index contributed by atoms with van der Waals surface area (Å²) in [5.74, 6) is 0.409. The summed E-state index contributed by atoms with van der Waals surface area (Å²) in [7, 11) is 1.42. The molecule has 1 N–H and O–H groups in total. The smallest absolute Gasteiger partial charge is 0.308 e. The van der Waals surface area contributed by atoms with Crippen molar-refractivity contribution in [2.24, 2.45) is 11.8 Å². The minimum Gasteiger partial charge on any atom is -0.469 e. The molecule has 15 heavy (non-hydrogen) atoms. The normalized spacial score (nSPS) is 19.9. The molecule has 0 radical (unpaired) electrons. The van der Waals surface area contributed by atoms with Gasteiger partial charge in [-0.25, -0.2) is 0 Å². The Hall–Kier alpha value is -0.570. The van der Waals surface area contributed by atoms with E-state index < -0.39 is 0 Å². The number of aliphatic hydroxyl groups excluding tert-OH is 1. The van der Waals surface area contributed by atoms with Gasteiger partial charge < -0.3 is 9.84 Å². The Morgan fingerprint density at radius 2 is 2.07 bits per heavy atom. The molecule has 1 aliphatic carbocycles. The zero-order valence-electron chi connectivity index (χ0n) is 9.58. The highest BCUT2D eigenvalue weighted by molar-refractivity contribution is 5.72. The maximum Gasteiger partial charge on any atom is 0.308 e. The fourth-order valence-corrected chi connectivity index (χ4v) is 2.48. The Morgan fingerprint density at radius 1 is 1.40 bits per heavy atom. The Bertz CT molecular complexity index is 185. The second-order valence-electron chi connectivity index (χ2n) is 4.47. The van der Waals surface area contributed by atoms with Crippen molar-refractivity contribution in [1.82, 2.24) is 0 Å². The van der Waals surface area contributed by atoms with Crippen molar-refractivity contribution >= 4 is 5.97 Å². The van der Waals surface area contributed by atoms with Gasteiger partial charge in [-0.05, 0) is 18.8 Å². The van der Waals surface area contributed by atoms with Gasteiger partial charge in [0.2, 0.25) is 0 Å². The average Bonchev–Trinajstić information content (AvgIpc) is 2.29. The molecule has 0 aromatic carbocycles. The molecule has 0 spiro atoms. The summed E-state index contributed by atoms with van der Waals surface area (Å²) >= 11 is 0. The Labute approximate surface area is 91.8 Å². The SMILES string of the molecule is COC(=O)C(CCO)CC1CCCCC1. The van der Waals surface area contributed by atoms with Crippen LogP contribution in [0, 0.1) is 11.8 Å². The van der Waals surface area contributed by atoms with E-state index in [2.05, 4.69) is 0 Å². The van der Waals surface area contributed by atoms with Crippen LogP contribution in [0.15, 0.2) is 0 Å². The zero-order chi connectivity index (χ0) is 11.1. The summed E-state index contributed by atoms with van der Waals surface area (Å²) in [6.07, 6.45) is 7.82. The maximum atomic E-state index is 11.4. The van der Waals surface area contributed by atoms with E-state index in [1.165, 1.54) is 39.2 Å². The number of rotatable bonds is 5. The van der Waals surface area contributed by atoms with Gasteiger partial charge in [0, 0.05) is 6.61 Å². The average molecular weight is 214 g/mol. The van der Waals surface area contributed by atoms with Crippen molar-refractivity contribution in [1.29, 1.82) is 0 Å². The van der Waals surface area contributed by atoms with E-state index in [0.717, 1.165) is 6.42 Å². The van der Waals surface area contributed by atoms with Crippen LogP contribution in [0.4, 0.5) is 0 Å². The summed E-state index contributed by atoms with van der Waals surface area (Å²) in [5.41, 5.74) is 0. The predicted molar refractivity (Wildman–Crippen MR) is 58.4 cm³/mol. The number of methoxy groups -OCH3 is 1. The monoisotopic (exact) mass is 214 g/mol. The predicted octanol–water partition coefficient (Wildman–Crippen LogP) is 2.13. The molecule has 1 saturated carbocycles. The number of carbonyl (C=O) groups is 1. The van der Waals surface area contributed by atoms with Crippen molar-refractivity contribution in [3.8, 4) is 0 Å². The van der Waals surface area contributed by atoms with E-state index >= 15 is 0 Å². The first kappa shape index (κ1) is 12.5. The molecule has 1 unspecified atom stereocenters. The molecule has 1 atom stereocenters. The van der Waals surface area contributed by atoms with Crippen LogP contribution >= 0.6 is 0 Å². The number of esters is 1. The highest BCUT2D eigenvalue weighted by Gasteiger charge is 2.24. The highest BCUT2D eigenvalue weighted by Crippen LogP contribution is 2.30. The molecule has 0 aromatic heterocycles. The van der Waals surface area contributed by atoms with Crippen LogP contribution in [-0.4, -0.2) is 24.8 Å². The fourth-order valence-electron chi connectivity index (χ4n) is 2.48. The summed E-state index contributed by atoms with van der Waals surface area (Å²) in [6.45, 7) is 0.0759. The van der Waals surface area contributed by atoms with Crippen LogP contribution in [-0.2, 0) is 9.53 Å². The second kappa shape index (κ2) is 6.83. The topological polar surface area (TPSA) is 46.5 Å². The molecule has 88 valence electrons. The second-order valence-corrected chi connectivity index (χ2v) is 4.47. The van der Waals surface area contributed by atoms with E-state index in [1.54, 1.807) is 0 Å². The van der Waals surface area contributed by atoms with Crippen molar-refractivity contribution < 1.29 is 14.6 Å². The molecular weight excluding hydrogens is 192 g/mol.